The Bertz CT molecular complexity index is 242. The summed E-state index contributed by atoms with van der Waals surface area (Å²) in [6, 6.07) is 0. The molecular formula is C17H37O3P. The Morgan fingerprint density at radius 1 is 0.619 bits per heavy atom. The zero-order valence-corrected chi connectivity index (χ0v) is 15.5. The van der Waals surface area contributed by atoms with Gasteiger partial charge in [0.1, 0.15) is 0 Å². The molecule has 0 heterocycles. The molecule has 0 aromatic heterocycles. The normalized spacial score (nSPS) is 12.0. The Kier molecular flexibility index (Phi) is 15.2. The molecule has 0 aliphatic heterocycles. The van der Waals surface area contributed by atoms with Crippen LogP contribution in [0.5, 0.6) is 0 Å². The summed E-state index contributed by atoms with van der Waals surface area (Å²) in [5, 5.41) is 0. The van der Waals surface area contributed by atoms with Crippen molar-refractivity contribution in [3.05, 3.63) is 0 Å². The second-order valence-corrected chi connectivity index (χ2v) is 8.01. The van der Waals surface area contributed by atoms with Crippen molar-refractivity contribution in [1.29, 1.82) is 0 Å². The number of hydrogen-bond donors (Lipinski definition) is 0. The van der Waals surface area contributed by atoms with Gasteiger partial charge in [0.25, 0.3) is 0 Å². The first-order chi connectivity index (χ1) is 10.2. The summed E-state index contributed by atoms with van der Waals surface area (Å²) in [7, 11) is -2.84. The quantitative estimate of drug-likeness (QED) is 0.238. The molecule has 0 aliphatic carbocycles. The van der Waals surface area contributed by atoms with Crippen LogP contribution in [0.25, 0.3) is 0 Å². The van der Waals surface area contributed by atoms with Gasteiger partial charge in [-0.1, -0.05) is 72.1 Å². The molecule has 3 nitrogen and oxygen atoms in total. The van der Waals surface area contributed by atoms with E-state index in [4.69, 9.17) is 9.05 Å². The Labute approximate surface area is 132 Å². The van der Waals surface area contributed by atoms with E-state index in [1.54, 1.807) is 0 Å². The van der Waals surface area contributed by atoms with Gasteiger partial charge in [-0.3, -0.25) is 4.57 Å². The highest BCUT2D eigenvalue weighted by molar-refractivity contribution is 7.53. The van der Waals surface area contributed by atoms with Crippen molar-refractivity contribution in [3.8, 4) is 0 Å². The van der Waals surface area contributed by atoms with Crippen LogP contribution >= 0.6 is 7.60 Å². The van der Waals surface area contributed by atoms with Crippen molar-refractivity contribution in [2.45, 2.75) is 91.4 Å². The van der Waals surface area contributed by atoms with Gasteiger partial charge in [0.2, 0.25) is 0 Å². The van der Waals surface area contributed by atoms with Crippen molar-refractivity contribution in [2.75, 3.05) is 19.4 Å². The molecule has 0 unspecified atom stereocenters. The van der Waals surface area contributed by atoms with E-state index in [1.165, 1.54) is 32.1 Å². The highest BCUT2D eigenvalue weighted by atomic mass is 31.2. The SMILES string of the molecule is CCCCCCCCCP(=O)(OCCCC)OCCCC. The van der Waals surface area contributed by atoms with Gasteiger partial charge in [0, 0.05) is 0 Å². The smallest absolute Gasteiger partial charge is 0.309 e. The van der Waals surface area contributed by atoms with Crippen LogP contribution < -0.4 is 0 Å². The molecule has 0 rings (SSSR count). The lowest BCUT2D eigenvalue weighted by atomic mass is 10.1. The van der Waals surface area contributed by atoms with E-state index in [2.05, 4.69) is 20.8 Å². The lowest BCUT2D eigenvalue weighted by molar-refractivity contribution is 0.199. The van der Waals surface area contributed by atoms with Crippen LogP contribution in [0.1, 0.15) is 91.4 Å². The fourth-order valence-electron chi connectivity index (χ4n) is 2.12. The fraction of sp³-hybridized carbons (Fsp3) is 1.00. The summed E-state index contributed by atoms with van der Waals surface area (Å²) in [6.45, 7) is 7.59. The standard InChI is InChI=1S/C17H37O3P/c1-4-7-10-11-12-13-14-17-21(18,19-15-8-5-2)20-16-9-6-3/h4-17H2,1-3H3. The van der Waals surface area contributed by atoms with Crippen molar-refractivity contribution in [2.24, 2.45) is 0 Å². The molecule has 0 saturated carbocycles. The van der Waals surface area contributed by atoms with E-state index in [9.17, 15) is 4.57 Å². The number of unbranched alkanes of at least 4 members (excludes halogenated alkanes) is 8. The molecule has 0 atom stereocenters. The van der Waals surface area contributed by atoms with Gasteiger partial charge in [-0.15, -0.1) is 0 Å². The van der Waals surface area contributed by atoms with Crippen LogP contribution in [0, 0.1) is 0 Å². The van der Waals surface area contributed by atoms with Gasteiger partial charge in [0.05, 0.1) is 19.4 Å². The second kappa shape index (κ2) is 15.1. The molecule has 0 radical (unpaired) electrons. The third-order valence-corrected chi connectivity index (χ3v) is 5.62. The van der Waals surface area contributed by atoms with Gasteiger partial charge >= 0.3 is 7.60 Å². The van der Waals surface area contributed by atoms with Crippen molar-refractivity contribution in [1.82, 2.24) is 0 Å². The Morgan fingerprint density at radius 3 is 1.52 bits per heavy atom. The first-order valence-electron chi connectivity index (χ1n) is 9.06. The van der Waals surface area contributed by atoms with E-state index >= 15 is 0 Å². The predicted octanol–water partition coefficient (Wildman–Crippen LogP) is 6.56. The van der Waals surface area contributed by atoms with Gasteiger partial charge in [-0.2, -0.15) is 0 Å². The largest absolute Gasteiger partial charge is 0.330 e. The van der Waals surface area contributed by atoms with Crippen LogP contribution in [-0.4, -0.2) is 19.4 Å². The van der Waals surface area contributed by atoms with E-state index in [0.29, 0.717) is 19.4 Å². The molecular weight excluding hydrogens is 283 g/mol. The van der Waals surface area contributed by atoms with Gasteiger partial charge < -0.3 is 9.05 Å². The molecule has 0 N–H and O–H groups in total. The second-order valence-electron chi connectivity index (χ2n) is 5.83. The maximum absolute atomic E-state index is 12.7. The zero-order chi connectivity index (χ0) is 15.8. The fourth-order valence-corrected chi connectivity index (χ4v) is 3.88. The monoisotopic (exact) mass is 320 g/mol. The molecule has 4 heteroatoms. The van der Waals surface area contributed by atoms with Gasteiger partial charge in [-0.05, 0) is 19.3 Å². The minimum Gasteiger partial charge on any atom is -0.309 e. The number of rotatable bonds is 16. The molecule has 0 aliphatic rings. The predicted molar refractivity (Wildman–Crippen MR) is 92.2 cm³/mol. The molecule has 0 fully saturated rings. The summed E-state index contributed by atoms with van der Waals surface area (Å²) < 4.78 is 23.8. The van der Waals surface area contributed by atoms with E-state index in [-0.39, 0.29) is 0 Å². The zero-order valence-electron chi connectivity index (χ0n) is 14.6. The maximum Gasteiger partial charge on any atom is 0.330 e. The van der Waals surface area contributed by atoms with Crippen LogP contribution in [0.2, 0.25) is 0 Å². The molecule has 0 aromatic carbocycles. The summed E-state index contributed by atoms with van der Waals surface area (Å²) >= 11 is 0. The third kappa shape index (κ3) is 13.5. The Hall–Kier alpha value is 0.150. The van der Waals surface area contributed by atoms with Crippen LogP contribution in [0.3, 0.4) is 0 Å². The maximum atomic E-state index is 12.7. The van der Waals surface area contributed by atoms with Gasteiger partial charge in [-0.25, -0.2) is 0 Å². The van der Waals surface area contributed by atoms with Crippen LogP contribution in [0.15, 0.2) is 0 Å². The molecule has 0 bridgehead atoms. The minimum atomic E-state index is -2.84. The van der Waals surface area contributed by atoms with E-state index in [1.807, 2.05) is 0 Å². The van der Waals surface area contributed by atoms with Crippen molar-refractivity contribution < 1.29 is 13.6 Å². The van der Waals surface area contributed by atoms with Crippen molar-refractivity contribution in [3.63, 3.8) is 0 Å². The highest BCUT2D eigenvalue weighted by Gasteiger charge is 2.23. The summed E-state index contributed by atoms with van der Waals surface area (Å²) in [5.41, 5.74) is 0. The van der Waals surface area contributed by atoms with Gasteiger partial charge in [0.15, 0.2) is 0 Å². The summed E-state index contributed by atoms with van der Waals surface area (Å²) in [6.07, 6.45) is 13.2. The topological polar surface area (TPSA) is 35.5 Å². The average Bonchev–Trinajstić information content (AvgIpc) is 2.47. The van der Waals surface area contributed by atoms with Crippen LogP contribution in [0.4, 0.5) is 0 Å². The lowest BCUT2D eigenvalue weighted by Crippen LogP contribution is -2.03. The van der Waals surface area contributed by atoms with Crippen molar-refractivity contribution >= 4 is 7.60 Å². The van der Waals surface area contributed by atoms with E-state index in [0.717, 1.165) is 38.5 Å². The Morgan fingerprint density at radius 2 is 1.05 bits per heavy atom. The third-order valence-electron chi connectivity index (χ3n) is 3.61. The summed E-state index contributed by atoms with van der Waals surface area (Å²) in [5.74, 6) is 0. The first-order valence-corrected chi connectivity index (χ1v) is 10.8. The Balaban J connectivity index is 3.88. The molecule has 128 valence electrons. The molecule has 0 amide bonds. The summed E-state index contributed by atoms with van der Waals surface area (Å²) in [4.78, 5) is 0. The molecule has 21 heavy (non-hydrogen) atoms. The molecule has 0 aromatic rings. The lowest BCUT2D eigenvalue weighted by Gasteiger charge is -2.18. The first kappa shape index (κ1) is 21.1. The molecule has 0 spiro atoms. The minimum absolute atomic E-state index is 0.566. The van der Waals surface area contributed by atoms with Crippen LogP contribution in [-0.2, 0) is 13.6 Å². The number of hydrogen-bond acceptors (Lipinski definition) is 3. The molecule has 0 saturated heterocycles. The van der Waals surface area contributed by atoms with E-state index < -0.39 is 7.60 Å². The highest BCUT2D eigenvalue weighted by Crippen LogP contribution is 2.49. The average molecular weight is 320 g/mol.